The number of rotatable bonds is 50. The summed E-state index contributed by atoms with van der Waals surface area (Å²) in [4.78, 5) is 26.2. The van der Waals surface area contributed by atoms with Crippen LogP contribution < -0.4 is 5.32 Å². The van der Waals surface area contributed by atoms with Crippen molar-refractivity contribution >= 4 is 11.9 Å². The predicted octanol–water partition coefficient (Wildman–Crippen LogP) is 16.8. The summed E-state index contributed by atoms with van der Waals surface area (Å²) in [5.74, 6) is -0.489. The molecule has 63 heavy (non-hydrogen) atoms. The molecule has 6 heteroatoms. The molecule has 0 aromatic carbocycles. The maximum absolute atomic E-state index is 13.2. The van der Waals surface area contributed by atoms with E-state index >= 15 is 0 Å². The fraction of sp³-hybridized carbons (Fsp3) is 0.860. The second-order valence-corrected chi connectivity index (χ2v) is 19.0. The number of nitrogens with one attached hydrogen (secondary N) is 1. The number of ether oxygens (including phenoxy) is 1. The minimum absolute atomic E-state index is 0.0688. The molecule has 0 spiro atoms. The van der Waals surface area contributed by atoms with Crippen LogP contribution in [-0.4, -0.2) is 46.9 Å². The number of unbranched alkanes of at least 4 members (excludes halogenated alkanes) is 32. The van der Waals surface area contributed by atoms with Gasteiger partial charge in [0, 0.05) is 6.42 Å². The van der Waals surface area contributed by atoms with Gasteiger partial charge in [0.25, 0.3) is 0 Å². The van der Waals surface area contributed by atoms with Gasteiger partial charge in [-0.15, -0.1) is 0 Å². The minimum Gasteiger partial charge on any atom is -0.462 e. The average Bonchev–Trinajstić information content (AvgIpc) is 3.28. The van der Waals surface area contributed by atoms with E-state index < -0.39 is 18.2 Å². The molecule has 0 saturated carbocycles. The van der Waals surface area contributed by atoms with Crippen LogP contribution >= 0.6 is 0 Å². The quantitative estimate of drug-likeness (QED) is 0.0321. The molecule has 3 atom stereocenters. The first-order valence-electron chi connectivity index (χ1n) is 27.7. The van der Waals surface area contributed by atoms with Crippen molar-refractivity contribution in [2.45, 2.75) is 309 Å². The van der Waals surface area contributed by atoms with Crippen molar-refractivity contribution < 1.29 is 24.5 Å². The van der Waals surface area contributed by atoms with Crippen LogP contribution in [0, 0.1) is 0 Å². The number of aliphatic hydroxyl groups excluding tert-OH is 2. The van der Waals surface area contributed by atoms with Crippen LogP contribution in [0.2, 0.25) is 0 Å². The van der Waals surface area contributed by atoms with Gasteiger partial charge in [0.2, 0.25) is 5.91 Å². The third-order valence-electron chi connectivity index (χ3n) is 12.7. The van der Waals surface area contributed by atoms with E-state index in [2.05, 4.69) is 62.5 Å². The van der Waals surface area contributed by atoms with E-state index in [9.17, 15) is 19.8 Å². The number of allylic oxidation sites excluding steroid dienone is 6. The molecule has 0 aliphatic carbocycles. The van der Waals surface area contributed by atoms with Crippen LogP contribution in [0.3, 0.4) is 0 Å². The maximum atomic E-state index is 13.2. The summed E-state index contributed by atoms with van der Waals surface area (Å²) in [6.45, 7) is 6.47. The third kappa shape index (κ3) is 46.4. The Morgan fingerprint density at radius 2 is 0.810 bits per heavy atom. The number of carbonyl (C=O) groups excluding carboxylic acids is 2. The van der Waals surface area contributed by atoms with Gasteiger partial charge in [0.1, 0.15) is 6.10 Å². The second kappa shape index (κ2) is 51.1. The zero-order valence-electron chi connectivity index (χ0n) is 42.2. The number of hydrogen-bond donors (Lipinski definition) is 3. The highest BCUT2D eigenvalue weighted by atomic mass is 16.5. The van der Waals surface area contributed by atoms with Crippen molar-refractivity contribution in [3.63, 3.8) is 0 Å². The molecule has 6 nitrogen and oxygen atoms in total. The maximum Gasteiger partial charge on any atom is 0.306 e. The summed E-state index contributed by atoms with van der Waals surface area (Å²) < 4.78 is 5.94. The summed E-state index contributed by atoms with van der Waals surface area (Å²) in [5, 5.41) is 23.8. The zero-order chi connectivity index (χ0) is 45.9. The van der Waals surface area contributed by atoms with Crippen LogP contribution in [0.5, 0.6) is 0 Å². The highest BCUT2D eigenvalue weighted by Gasteiger charge is 2.24. The van der Waals surface area contributed by atoms with Crippen molar-refractivity contribution in [1.29, 1.82) is 0 Å². The van der Waals surface area contributed by atoms with E-state index in [4.69, 9.17) is 4.74 Å². The Hall–Kier alpha value is -1.92. The van der Waals surface area contributed by atoms with Crippen molar-refractivity contribution in [2.75, 3.05) is 6.61 Å². The molecule has 0 saturated heterocycles. The van der Waals surface area contributed by atoms with Crippen molar-refractivity contribution in [3.05, 3.63) is 36.5 Å². The summed E-state index contributed by atoms with van der Waals surface area (Å²) >= 11 is 0. The number of aliphatic hydroxyl groups is 2. The lowest BCUT2D eigenvalue weighted by atomic mass is 10.0. The topological polar surface area (TPSA) is 95.9 Å². The molecular weight excluding hydrogens is 779 g/mol. The summed E-state index contributed by atoms with van der Waals surface area (Å²) in [6.07, 6.45) is 60.6. The van der Waals surface area contributed by atoms with Crippen molar-refractivity contribution in [1.82, 2.24) is 5.32 Å². The Morgan fingerprint density at radius 3 is 1.25 bits per heavy atom. The van der Waals surface area contributed by atoms with Crippen molar-refractivity contribution in [3.8, 4) is 0 Å². The van der Waals surface area contributed by atoms with E-state index in [0.29, 0.717) is 19.3 Å². The second-order valence-electron chi connectivity index (χ2n) is 19.0. The van der Waals surface area contributed by atoms with Gasteiger partial charge in [0.15, 0.2) is 0 Å². The lowest BCUT2D eigenvalue weighted by Gasteiger charge is -2.24. The van der Waals surface area contributed by atoms with Gasteiger partial charge in [-0.3, -0.25) is 9.59 Å². The Morgan fingerprint density at radius 1 is 0.460 bits per heavy atom. The SMILES string of the molecule is CCCCC/C=C\C/C=C\CCCCCCCCCC(CC(=O)NC(CO)C(O)CCCCCCCCCCCCCCCC)OC(=O)CCCCC/C=C\CCCCCCCC. The first-order valence-corrected chi connectivity index (χ1v) is 27.7. The molecule has 0 fully saturated rings. The van der Waals surface area contributed by atoms with E-state index in [1.54, 1.807) is 0 Å². The number of hydrogen-bond acceptors (Lipinski definition) is 5. The van der Waals surface area contributed by atoms with E-state index in [1.165, 1.54) is 173 Å². The lowest BCUT2D eigenvalue weighted by Crippen LogP contribution is -2.46. The monoisotopic (exact) mass is 886 g/mol. The highest BCUT2D eigenvalue weighted by molar-refractivity contribution is 5.77. The van der Waals surface area contributed by atoms with E-state index in [-0.39, 0.29) is 24.9 Å². The van der Waals surface area contributed by atoms with Gasteiger partial charge in [-0.1, -0.05) is 231 Å². The number of carbonyl (C=O) groups is 2. The van der Waals surface area contributed by atoms with Crippen LogP contribution in [0.4, 0.5) is 0 Å². The third-order valence-corrected chi connectivity index (χ3v) is 12.7. The van der Waals surface area contributed by atoms with Crippen LogP contribution in [0.1, 0.15) is 290 Å². The first-order chi connectivity index (χ1) is 31.0. The van der Waals surface area contributed by atoms with Crippen LogP contribution in [0.25, 0.3) is 0 Å². The predicted molar refractivity (Wildman–Crippen MR) is 273 cm³/mol. The Balaban J connectivity index is 4.58. The molecule has 0 bridgehead atoms. The lowest BCUT2D eigenvalue weighted by molar-refractivity contribution is -0.151. The Labute approximate surface area is 392 Å². The van der Waals surface area contributed by atoms with E-state index in [1.807, 2.05) is 0 Å². The fourth-order valence-corrected chi connectivity index (χ4v) is 8.46. The smallest absolute Gasteiger partial charge is 0.306 e. The first kappa shape index (κ1) is 61.1. The highest BCUT2D eigenvalue weighted by Crippen LogP contribution is 2.18. The number of esters is 1. The Bertz CT molecular complexity index is 1040. The number of amides is 1. The van der Waals surface area contributed by atoms with Gasteiger partial charge in [-0.25, -0.2) is 0 Å². The molecular formula is C57H107NO5. The normalized spacial score (nSPS) is 13.4. The molecule has 0 aliphatic heterocycles. The van der Waals surface area contributed by atoms with Crippen molar-refractivity contribution in [2.24, 2.45) is 0 Å². The molecule has 3 unspecified atom stereocenters. The minimum atomic E-state index is -0.791. The molecule has 0 aliphatic rings. The van der Waals surface area contributed by atoms with E-state index in [0.717, 1.165) is 70.6 Å². The molecule has 1 amide bonds. The largest absolute Gasteiger partial charge is 0.462 e. The molecule has 370 valence electrons. The summed E-state index contributed by atoms with van der Waals surface area (Å²) in [7, 11) is 0. The van der Waals surface area contributed by atoms with Gasteiger partial charge in [0.05, 0.1) is 25.2 Å². The van der Waals surface area contributed by atoms with Crippen LogP contribution in [0.15, 0.2) is 36.5 Å². The molecule has 0 radical (unpaired) electrons. The standard InChI is InChI=1S/C57H107NO5/c1-4-7-10-13-16-19-22-25-27-28-29-31-33-36-39-42-45-48-53(63-57(62)50-47-44-41-38-35-30-24-21-18-15-12-9-6-3)51-56(61)58-54(52-59)55(60)49-46-43-40-37-34-32-26-23-20-17-14-11-8-5-2/h16,19,25,27,30,35,53-55,59-60H,4-15,17-18,20-24,26,28-29,31-34,36-52H2,1-3H3,(H,58,61)/b19-16-,27-25-,35-30-. The zero-order valence-corrected chi connectivity index (χ0v) is 42.2. The molecule has 0 aromatic heterocycles. The van der Waals surface area contributed by atoms with Gasteiger partial charge in [-0.05, 0) is 83.5 Å². The summed E-state index contributed by atoms with van der Waals surface area (Å²) in [5.41, 5.74) is 0. The molecule has 0 heterocycles. The van der Waals surface area contributed by atoms with Gasteiger partial charge >= 0.3 is 5.97 Å². The molecule has 3 N–H and O–H groups in total. The van der Waals surface area contributed by atoms with Gasteiger partial charge < -0.3 is 20.3 Å². The average molecular weight is 886 g/mol. The fourth-order valence-electron chi connectivity index (χ4n) is 8.46. The van der Waals surface area contributed by atoms with Crippen LogP contribution in [-0.2, 0) is 14.3 Å². The summed E-state index contributed by atoms with van der Waals surface area (Å²) in [6, 6.07) is -0.705. The molecule has 0 rings (SSSR count). The van der Waals surface area contributed by atoms with Gasteiger partial charge in [-0.2, -0.15) is 0 Å². The Kier molecular flexibility index (Phi) is 49.5. The molecule has 0 aromatic rings.